The SMILES string of the molecule is C=CC(=O)N1CCN2c3ncnc4c(F)c(-c5c(C)ccc6n[nH]nc56)c(Cl)c(c34)OC[C@@H]2C1. The van der Waals surface area contributed by atoms with Crippen molar-refractivity contribution in [2.24, 2.45) is 0 Å². The molecule has 1 saturated heterocycles. The molecule has 172 valence electrons. The fraction of sp³-hybridized carbons (Fsp3) is 0.261. The Morgan fingerprint density at radius 1 is 1.26 bits per heavy atom. The van der Waals surface area contributed by atoms with E-state index in [-0.39, 0.29) is 34.7 Å². The number of ether oxygens (including phenoxy) is 1. The van der Waals surface area contributed by atoms with Crippen molar-refractivity contribution in [3.05, 3.63) is 47.5 Å². The highest BCUT2D eigenvalue weighted by Crippen LogP contribution is 2.49. The third-order valence-corrected chi connectivity index (χ3v) is 6.87. The summed E-state index contributed by atoms with van der Waals surface area (Å²) in [6.07, 6.45) is 2.64. The number of carbonyl (C=O) groups is 1. The minimum absolute atomic E-state index is 0.115. The highest BCUT2D eigenvalue weighted by Gasteiger charge is 2.37. The molecule has 0 radical (unpaired) electrons. The van der Waals surface area contributed by atoms with Crippen LogP contribution >= 0.6 is 11.6 Å². The van der Waals surface area contributed by atoms with E-state index in [4.69, 9.17) is 16.3 Å². The van der Waals surface area contributed by atoms with Gasteiger partial charge in [-0.3, -0.25) is 4.79 Å². The average molecular weight is 480 g/mol. The standard InChI is InChI=1S/C23H19ClFN7O2/c1-3-14(33)31-6-7-32-12(8-31)9-34-22-17-21(26-10-27-23(17)32)19(25)16(18(22)24)15-11(2)4-5-13-20(15)29-30-28-13/h3-5,10,12H,1,6-9H2,2H3,(H,28,29,30)/t12-/m0/s1. The Balaban J connectivity index is 1.58. The molecule has 1 N–H and O–H groups in total. The number of hydrogen-bond acceptors (Lipinski definition) is 7. The maximum Gasteiger partial charge on any atom is 0.246 e. The van der Waals surface area contributed by atoms with Crippen molar-refractivity contribution in [3.63, 3.8) is 0 Å². The van der Waals surface area contributed by atoms with Crippen molar-refractivity contribution in [2.45, 2.75) is 13.0 Å². The number of aromatic amines is 1. The van der Waals surface area contributed by atoms with Gasteiger partial charge in [-0.05, 0) is 24.6 Å². The molecular formula is C23H19ClFN7O2. The molecule has 0 unspecified atom stereocenters. The molecular weight excluding hydrogens is 461 g/mol. The van der Waals surface area contributed by atoms with Gasteiger partial charge in [0.15, 0.2) is 11.6 Å². The van der Waals surface area contributed by atoms with Crippen LogP contribution < -0.4 is 9.64 Å². The number of halogens is 2. The molecule has 34 heavy (non-hydrogen) atoms. The average Bonchev–Trinajstić information content (AvgIpc) is 3.26. The van der Waals surface area contributed by atoms with Gasteiger partial charge in [-0.1, -0.05) is 24.2 Å². The van der Waals surface area contributed by atoms with Crippen molar-refractivity contribution in [1.29, 1.82) is 0 Å². The molecule has 1 amide bonds. The van der Waals surface area contributed by atoms with Gasteiger partial charge < -0.3 is 14.5 Å². The van der Waals surface area contributed by atoms with Crippen LogP contribution in [0, 0.1) is 12.7 Å². The van der Waals surface area contributed by atoms with Gasteiger partial charge in [0.2, 0.25) is 5.91 Å². The van der Waals surface area contributed by atoms with E-state index in [0.717, 1.165) is 5.56 Å². The zero-order valence-electron chi connectivity index (χ0n) is 18.2. The number of H-pyrrole nitrogens is 1. The number of carbonyl (C=O) groups excluding carboxylic acids is 1. The first-order chi connectivity index (χ1) is 16.5. The van der Waals surface area contributed by atoms with E-state index in [9.17, 15) is 4.79 Å². The number of aryl methyl sites for hydroxylation is 1. The number of fused-ring (bicyclic) bond motifs is 3. The van der Waals surface area contributed by atoms with Crippen molar-refractivity contribution in [1.82, 2.24) is 30.3 Å². The van der Waals surface area contributed by atoms with E-state index < -0.39 is 5.82 Å². The normalized spacial score (nSPS) is 17.4. The summed E-state index contributed by atoms with van der Waals surface area (Å²) in [5.41, 5.74) is 2.69. The van der Waals surface area contributed by atoms with Crippen LogP contribution in [0.1, 0.15) is 5.56 Å². The highest BCUT2D eigenvalue weighted by atomic mass is 35.5. The number of nitrogens with one attached hydrogen (secondary N) is 1. The molecule has 4 heterocycles. The van der Waals surface area contributed by atoms with Crippen LogP contribution in [0.5, 0.6) is 5.75 Å². The van der Waals surface area contributed by atoms with E-state index in [1.165, 1.54) is 12.4 Å². The lowest BCUT2D eigenvalue weighted by atomic mass is 9.96. The summed E-state index contributed by atoms with van der Waals surface area (Å²) in [5, 5.41) is 11.5. The molecule has 4 aromatic rings. The molecule has 1 atom stereocenters. The molecule has 2 aliphatic heterocycles. The summed E-state index contributed by atoms with van der Waals surface area (Å²) < 4.78 is 22.4. The largest absolute Gasteiger partial charge is 0.489 e. The van der Waals surface area contributed by atoms with Crippen LogP contribution in [0.3, 0.4) is 0 Å². The zero-order chi connectivity index (χ0) is 23.6. The molecule has 2 aliphatic rings. The maximum absolute atomic E-state index is 16.1. The van der Waals surface area contributed by atoms with Crippen LogP contribution in [0.2, 0.25) is 5.02 Å². The van der Waals surface area contributed by atoms with E-state index in [1.807, 2.05) is 24.0 Å². The second-order valence-electron chi connectivity index (χ2n) is 8.35. The number of anilines is 1. The van der Waals surface area contributed by atoms with Crippen molar-refractivity contribution >= 4 is 45.3 Å². The van der Waals surface area contributed by atoms with Gasteiger partial charge >= 0.3 is 0 Å². The maximum atomic E-state index is 16.1. The number of amides is 1. The summed E-state index contributed by atoms with van der Waals surface area (Å²) in [4.78, 5) is 24.7. The molecule has 0 bridgehead atoms. The van der Waals surface area contributed by atoms with Crippen LogP contribution in [-0.4, -0.2) is 68.5 Å². The van der Waals surface area contributed by atoms with Gasteiger partial charge in [-0.25, -0.2) is 14.4 Å². The van der Waals surface area contributed by atoms with Gasteiger partial charge in [0.25, 0.3) is 0 Å². The van der Waals surface area contributed by atoms with Gasteiger partial charge in [0.05, 0.1) is 16.5 Å². The Hall–Kier alpha value is -3.79. The molecule has 2 aromatic carbocycles. The summed E-state index contributed by atoms with van der Waals surface area (Å²) in [6, 6.07) is 3.46. The number of nitrogens with zero attached hydrogens (tertiary/aromatic N) is 6. The molecule has 0 saturated carbocycles. The van der Waals surface area contributed by atoms with Crippen molar-refractivity contribution in [2.75, 3.05) is 31.1 Å². The van der Waals surface area contributed by atoms with Crippen LogP contribution in [-0.2, 0) is 4.79 Å². The zero-order valence-corrected chi connectivity index (χ0v) is 18.9. The lowest BCUT2D eigenvalue weighted by molar-refractivity contribution is -0.126. The summed E-state index contributed by atoms with van der Waals surface area (Å²) in [7, 11) is 0. The number of benzene rings is 2. The molecule has 9 nitrogen and oxygen atoms in total. The minimum Gasteiger partial charge on any atom is -0.489 e. The predicted molar refractivity (Wildman–Crippen MR) is 126 cm³/mol. The number of piperazine rings is 1. The second-order valence-corrected chi connectivity index (χ2v) is 8.73. The van der Waals surface area contributed by atoms with E-state index in [2.05, 4.69) is 32.0 Å². The molecule has 6 rings (SSSR count). The summed E-state index contributed by atoms with van der Waals surface area (Å²) in [5.74, 6) is 0.141. The monoisotopic (exact) mass is 479 g/mol. The Morgan fingerprint density at radius 3 is 2.94 bits per heavy atom. The number of aromatic nitrogens is 5. The highest BCUT2D eigenvalue weighted by molar-refractivity contribution is 6.37. The minimum atomic E-state index is -0.575. The van der Waals surface area contributed by atoms with E-state index in [0.29, 0.717) is 53.2 Å². The van der Waals surface area contributed by atoms with Gasteiger partial charge in [0.1, 0.15) is 35.3 Å². The van der Waals surface area contributed by atoms with E-state index in [1.54, 1.807) is 4.90 Å². The Bertz CT molecular complexity index is 1500. The second kappa shape index (κ2) is 7.63. The molecule has 0 aliphatic carbocycles. The van der Waals surface area contributed by atoms with Gasteiger partial charge in [-0.2, -0.15) is 15.4 Å². The quantitative estimate of drug-likeness (QED) is 0.440. The Morgan fingerprint density at radius 2 is 2.12 bits per heavy atom. The van der Waals surface area contributed by atoms with Gasteiger partial charge in [-0.15, -0.1) is 0 Å². The van der Waals surface area contributed by atoms with Crippen molar-refractivity contribution < 1.29 is 13.9 Å². The molecule has 0 spiro atoms. The Labute approximate surface area is 198 Å². The number of rotatable bonds is 2. The first-order valence-corrected chi connectivity index (χ1v) is 11.1. The smallest absolute Gasteiger partial charge is 0.246 e. The van der Waals surface area contributed by atoms with Crippen molar-refractivity contribution in [3.8, 4) is 16.9 Å². The van der Waals surface area contributed by atoms with Crippen LogP contribution in [0.15, 0.2) is 31.1 Å². The fourth-order valence-electron chi connectivity index (χ4n) is 4.88. The summed E-state index contributed by atoms with van der Waals surface area (Å²) >= 11 is 6.87. The number of hydrogen-bond donors (Lipinski definition) is 1. The van der Waals surface area contributed by atoms with Crippen LogP contribution in [0.25, 0.3) is 33.1 Å². The van der Waals surface area contributed by atoms with E-state index >= 15 is 4.39 Å². The Kier molecular flexibility index (Phi) is 4.66. The summed E-state index contributed by atoms with van der Waals surface area (Å²) in [6.45, 7) is 7.11. The fourth-order valence-corrected chi connectivity index (χ4v) is 5.20. The van der Waals surface area contributed by atoms with Gasteiger partial charge in [0, 0.05) is 30.8 Å². The predicted octanol–water partition coefficient (Wildman–Crippen LogP) is 3.26. The third kappa shape index (κ3) is 2.88. The van der Waals surface area contributed by atoms with Crippen LogP contribution in [0.4, 0.5) is 10.2 Å². The first kappa shape index (κ1) is 20.8. The lowest BCUT2D eigenvalue weighted by Crippen LogP contribution is -2.56. The lowest BCUT2D eigenvalue weighted by Gasteiger charge is -2.40. The first-order valence-electron chi connectivity index (χ1n) is 10.8. The molecule has 1 fully saturated rings. The topological polar surface area (TPSA) is 100 Å². The molecule has 11 heteroatoms. The third-order valence-electron chi connectivity index (χ3n) is 6.51. The molecule has 2 aromatic heterocycles.